The SMILES string of the molecule is CC(CCc1ccco1)NCC1CCCN(S(C)(=O)=O)C1. The molecule has 2 heterocycles. The summed E-state index contributed by atoms with van der Waals surface area (Å²) in [6.45, 7) is 4.37. The van der Waals surface area contributed by atoms with E-state index in [1.165, 1.54) is 6.26 Å². The van der Waals surface area contributed by atoms with Gasteiger partial charge in [0.15, 0.2) is 0 Å². The maximum Gasteiger partial charge on any atom is 0.211 e. The van der Waals surface area contributed by atoms with Crippen LogP contribution < -0.4 is 5.32 Å². The molecule has 1 aliphatic heterocycles. The zero-order valence-electron chi connectivity index (χ0n) is 12.9. The fraction of sp³-hybridized carbons (Fsp3) is 0.733. The average molecular weight is 314 g/mol. The lowest BCUT2D eigenvalue weighted by Gasteiger charge is -2.31. The highest BCUT2D eigenvalue weighted by atomic mass is 32.2. The summed E-state index contributed by atoms with van der Waals surface area (Å²) in [6.07, 6.45) is 7.02. The summed E-state index contributed by atoms with van der Waals surface area (Å²) < 4.78 is 30.1. The van der Waals surface area contributed by atoms with Crippen molar-refractivity contribution in [2.75, 3.05) is 25.9 Å². The van der Waals surface area contributed by atoms with Crippen LogP contribution in [0.25, 0.3) is 0 Å². The number of hydrogen-bond donors (Lipinski definition) is 1. The van der Waals surface area contributed by atoms with Crippen LogP contribution >= 0.6 is 0 Å². The third-order valence-corrected chi connectivity index (χ3v) is 5.38. The van der Waals surface area contributed by atoms with E-state index in [9.17, 15) is 8.42 Å². The molecule has 0 aliphatic carbocycles. The number of nitrogens with zero attached hydrogens (tertiary/aromatic N) is 1. The summed E-state index contributed by atoms with van der Waals surface area (Å²) in [6, 6.07) is 4.32. The molecule has 1 fully saturated rings. The second-order valence-corrected chi connectivity index (χ2v) is 8.04. The van der Waals surface area contributed by atoms with E-state index in [-0.39, 0.29) is 0 Å². The third-order valence-electron chi connectivity index (χ3n) is 4.11. The van der Waals surface area contributed by atoms with E-state index >= 15 is 0 Å². The van der Waals surface area contributed by atoms with Crippen LogP contribution in [0.3, 0.4) is 0 Å². The monoisotopic (exact) mass is 314 g/mol. The first kappa shape index (κ1) is 16.5. The highest BCUT2D eigenvalue weighted by Crippen LogP contribution is 2.18. The van der Waals surface area contributed by atoms with Gasteiger partial charge in [0.05, 0.1) is 12.5 Å². The average Bonchev–Trinajstić information content (AvgIpc) is 2.95. The molecule has 2 unspecified atom stereocenters. The molecular formula is C15H26N2O3S. The Balaban J connectivity index is 1.69. The van der Waals surface area contributed by atoms with Crippen molar-refractivity contribution in [2.24, 2.45) is 5.92 Å². The molecule has 1 N–H and O–H groups in total. The predicted molar refractivity (Wildman–Crippen MR) is 83.6 cm³/mol. The summed E-state index contributed by atoms with van der Waals surface area (Å²) in [7, 11) is -3.04. The minimum absolute atomic E-state index is 0.406. The smallest absolute Gasteiger partial charge is 0.211 e. The van der Waals surface area contributed by atoms with E-state index in [1.54, 1.807) is 10.6 Å². The van der Waals surface area contributed by atoms with Crippen molar-refractivity contribution in [3.63, 3.8) is 0 Å². The van der Waals surface area contributed by atoms with E-state index in [2.05, 4.69) is 12.2 Å². The van der Waals surface area contributed by atoms with E-state index in [0.29, 0.717) is 25.0 Å². The van der Waals surface area contributed by atoms with E-state index in [4.69, 9.17) is 4.42 Å². The van der Waals surface area contributed by atoms with Gasteiger partial charge in [-0.15, -0.1) is 0 Å². The van der Waals surface area contributed by atoms with Crippen LogP contribution in [0.2, 0.25) is 0 Å². The molecule has 120 valence electrons. The number of sulfonamides is 1. The maximum atomic E-state index is 11.6. The summed E-state index contributed by atoms with van der Waals surface area (Å²) >= 11 is 0. The Labute approximate surface area is 127 Å². The predicted octanol–water partition coefficient (Wildman–Crippen LogP) is 1.86. The molecule has 0 bridgehead atoms. The quantitative estimate of drug-likeness (QED) is 0.834. The van der Waals surface area contributed by atoms with Gasteiger partial charge in [-0.3, -0.25) is 0 Å². The van der Waals surface area contributed by atoms with E-state index < -0.39 is 10.0 Å². The molecule has 0 aromatic carbocycles. The summed E-state index contributed by atoms with van der Waals surface area (Å²) in [5.74, 6) is 1.43. The molecule has 0 saturated carbocycles. The van der Waals surface area contributed by atoms with Crippen LogP contribution in [0.5, 0.6) is 0 Å². The molecule has 6 heteroatoms. The van der Waals surface area contributed by atoms with E-state index in [1.807, 2.05) is 12.1 Å². The van der Waals surface area contributed by atoms with Gasteiger partial charge in [0.2, 0.25) is 10.0 Å². The van der Waals surface area contributed by atoms with Crippen molar-refractivity contribution in [1.82, 2.24) is 9.62 Å². The minimum Gasteiger partial charge on any atom is -0.469 e. The second-order valence-electron chi connectivity index (χ2n) is 6.06. The lowest BCUT2D eigenvalue weighted by molar-refractivity contribution is 0.255. The van der Waals surface area contributed by atoms with Gasteiger partial charge in [-0.1, -0.05) is 0 Å². The molecular weight excluding hydrogens is 288 g/mol. The van der Waals surface area contributed by atoms with Gasteiger partial charge in [-0.2, -0.15) is 0 Å². The first-order chi connectivity index (χ1) is 9.95. The number of piperidine rings is 1. The zero-order chi connectivity index (χ0) is 15.3. The lowest BCUT2D eigenvalue weighted by Crippen LogP contribution is -2.43. The minimum atomic E-state index is -3.04. The van der Waals surface area contributed by atoms with Gasteiger partial charge in [0.1, 0.15) is 5.76 Å². The molecule has 0 amide bonds. The van der Waals surface area contributed by atoms with Gasteiger partial charge >= 0.3 is 0 Å². The molecule has 1 saturated heterocycles. The summed E-state index contributed by atoms with van der Waals surface area (Å²) in [5.41, 5.74) is 0. The highest BCUT2D eigenvalue weighted by molar-refractivity contribution is 7.88. The van der Waals surface area contributed by atoms with E-state index in [0.717, 1.165) is 38.0 Å². The summed E-state index contributed by atoms with van der Waals surface area (Å²) in [5, 5.41) is 3.52. The number of rotatable bonds is 7. The summed E-state index contributed by atoms with van der Waals surface area (Å²) in [4.78, 5) is 0. The van der Waals surface area contributed by atoms with Crippen molar-refractivity contribution in [2.45, 2.75) is 38.6 Å². The Morgan fingerprint density at radius 1 is 1.52 bits per heavy atom. The van der Waals surface area contributed by atoms with Gasteiger partial charge < -0.3 is 9.73 Å². The normalized spacial score (nSPS) is 22.3. The lowest BCUT2D eigenvalue weighted by atomic mass is 9.99. The van der Waals surface area contributed by atoms with Crippen LogP contribution in [-0.4, -0.2) is 44.7 Å². The largest absolute Gasteiger partial charge is 0.469 e. The van der Waals surface area contributed by atoms with Gasteiger partial charge in [0, 0.05) is 25.6 Å². The Kier molecular flexibility index (Phi) is 5.84. The first-order valence-electron chi connectivity index (χ1n) is 7.66. The molecule has 1 aliphatic rings. The van der Waals surface area contributed by atoms with Crippen molar-refractivity contribution < 1.29 is 12.8 Å². The van der Waals surface area contributed by atoms with Crippen molar-refractivity contribution >= 4 is 10.0 Å². The number of furan rings is 1. The maximum absolute atomic E-state index is 11.6. The molecule has 1 aromatic rings. The number of hydrogen-bond acceptors (Lipinski definition) is 4. The molecule has 2 rings (SSSR count). The van der Waals surface area contributed by atoms with Crippen LogP contribution in [0, 0.1) is 5.92 Å². The Morgan fingerprint density at radius 2 is 2.33 bits per heavy atom. The number of aryl methyl sites for hydroxylation is 1. The van der Waals surface area contributed by atoms with Gasteiger partial charge in [0.25, 0.3) is 0 Å². The van der Waals surface area contributed by atoms with Crippen molar-refractivity contribution in [1.29, 1.82) is 0 Å². The van der Waals surface area contributed by atoms with Gasteiger partial charge in [-0.05, 0) is 50.8 Å². The zero-order valence-corrected chi connectivity index (χ0v) is 13.7. The van der Waals surface area contributed by atoms with Crippen LogP contribution in [0.1, 0.15) is 31.9 Å². The van der Waals surface area contributed by atoms with Crippen molar-refractivity contribution in [3.05, 3.63) is 24.2 Å². The molecule has 5 nitrogen and oxygen atoms in total. The Morgan fingerprint density at radius 3 is 3.00 bits per heavy atom. The van der Waals surface area contributed by atoms with Crippen molar-refractivity contribution in [3.8, 4) is 0 Å². The fourth-order valence-corrected chi connectivity index (χ4v) is 3.72. The molecule has 21 heavy (non-hydrogen) atoms. The van der Waals surface area contributed by atoms with Gasteiger partial charge in [-0.25, -0.2) is 12.7 Å². The Bertz CT molecular complexity index is 513. The number of nitrogens with one attached hydrogen (secondary N) is 1. The molecule has 0 spiro atoms. The second kappa shape index (κ2) is 7.42. The van der Waals surface area contributed by atoms with Crippen LogP contribution in [0.4, 0.5) is 0 Å². The standard InChI is InChI=1S/C15H26N2O3S/c1-13(7-8-15-6-4-10-20-15)16-11-14-5-3-9-17(12-14)21(2,18)19/h4,6,10,13-14,16H,3,5,7-9,11-12H2,1-2H3. The fourth-order valence-electron chi connectivity index (χ4n) is 2.78. The van der Waals surface area contributed by atoms with Crippen LogP contribution in [-0.2, 0) is 16.4 Å². The Hall–Kier alpha value is -0.850. The molecule has 0 radical (unpaired) electrons. The third kappa shape index (κ3) is 5.45. The molecule has 1 aromatic heterocycles. The topological polar surface area (TPSA) is 62.6 Å². The van der Waals surface area contributed by atoms with Crippen LogP contribution in [0.15, 0.2) is 22.8 Å². The molecule has 2 atom stereocenters. The highest BCUT2D eigenvalue weighted by Gasteiger charge is 2.25. The first-order valence-corrected chi connectivity index (χ1v) is 9.51.